The number of hydrogen-bond donors (Lipinski definition) is 1. The third-order valence-electron chi connectivity index (χ3n) is 5.73. The van der Waals surface area contributed by atoms with E-state index in [0.29, 0.717) is 53.3 Å². The molecule has 1 aromatic heterocycles. The van der Waals surface area contributed by atoms with Gasteiger partial charge in [0.15, 0.2) is 4.34 Å². The number of carbonyl (C=O) groups is 2. The summed E-state index contributed by atoms with van der Waals surface area (Å²) in [6.07, 6.45) is -4.25. The summed E-state index contributed by atoms with van der Waals surface area (Å²) >= 11 is 2.68. The van der Waals surface area contributed by atoms with Crippen LogP contribution in [0.3, 0.4) is 0 Å². The molecule has 1 aliphatic heterocycles. The second-order valence-corrected chi connectivity index (χ2v) is 10.3. The van der Waals surface area contributed by atoms with E-state index in [1.165, 1.54) is 29.2 Å². The van der Waals surface area contributed by atoms with Crippen LogP contribution in [0.4, 0.5) is 24.5 Å². The number of nitrogens with zero attached hydrogens (tertiary/aromatic N) is 3. The average Bonchev–Trinajstić information content (AvgIpc) is 3.35. The highest BCUT2D eigenvalue weighted by Gasteiger charge is 2.31. The second kappa shape index (κ2) is 11.9. The number of carbonyl (C=O) groups excluding carboxylic acids is 2. The van der Waals surface area contributed by atoms with Gasteiger partial charge in [-0.15, -0.1) is 11.3 Å². The maximum Gasteiger partial charge on any atom is 0.416 e. The molecule has 0 atom stereocenters. The van der Waals surface area contributed by atoms with Gasteiger partial charge < -0.3 is 19.9 Å². The highest BCUT2D eigenvalue weighted by molar-refractivity contribution is 8.01. The summed E-state index contributed by atoms with van der Waals surface area (Å²) in [4.78, 5) is 33.0. The number of anilines is 2. The molecule has 7 nitrogen and oxygen atoms in total. The molecule has 0 spiro atoms. The highest BCUT2D eigenvalue weighted by atomic mass is 32.2. The van der Waals surface area contributed by atoms with Crippen molar-refractivity contribution in [2.24, 2.45) is 0 Å². The smallest absolute Gasteiger partial charge is 0.416 e. The maximum atomic E-state index is 13.0. The standard InChI is InChI=1S/C25H25F3N4O3S2/c1-35-21-7-5-18(6-8-21)29-22(33)16-37-24-30-19(15-36-24)14-23(34)32-11-9-31(10-12-32)20-4-2-3-17(13-20)25(26,27)28/h2-8,13,15H,9-12,14,16H2,1H3,(H,29,33). The molecule has 4 rings (SSSR count). The van der Waals surface area contributed by atoms with Crippen molar-refractivity contribution >= 4 is 46.3 Å². The fraction of sp³-hybridized carbons (Fsp3) is 0.320. The Bertz CT molecular complexity index is 1230. The predicted octanol–water partition coefficient (Wildman–Crippen LogP) is 4.79. The van der Waals surface area contributed by atoms with E-state index in [1.807, 2.05) is 4.90 Å². The molecule has 196 valence electrons. The van der Waals surface area contributed by atoms with Gasteiger partial charge in [-0.1, -0.05) is 17.8 Å². The van der Waals surface area contributed by atoms with Gasteiger partial charge in [0.2, 0.25) is 11.8 Å². The topological polar surface area (TPSA) is 74.8 Å². The number of piperazine rings is 1. The van der Waals surface area contributed by atoms with Crippen LogP contribution in [0, 0.1) is 0 Å². The van der Waals surface area contributed by atoms with Gasteiger partial charge in [-0.05, 0) is 42.5 Å². The first-order valence-electron chi connectivity index (χ1n) is 11.4. The zero-order valence-electron chi connectivity index (χ0n) is 20.0. The highest BCUT2D eigenvalue weighted by Crippen LogP contribution is 2.32. The lowest BCUT2D eigenvalue weighted by atomic mass is 10.1. The molecule has 12 heteroatoms. The molecule has 0 bridgehead atoms. The molecule has 2 amide bonds. The van der Waals surface area contributed by atoms with E-state index in [-0.39, 0.29) is 24.0 Å². The first-order valence-corrected chi connectivity index (χ1v) is 13.3. The fourth-order valence-corrected chi connectivity index (χ4v) is 5.44. The molecule has 0 unspecified atom stereocenters. The van der Waals surface area contributed by atoms with Crippen molar-refractivity contribution in [3.8, 4) is 5.75 Å². The number of amides is 2. The molecule has 1 N–H and O–H groups in total. The molecule has 2 heterocycles. The number of aromatic nitrogens is 1. The van der Waals surface area contributed by atoms with Gasteiger partial charge in [0.05, 0.1) is 30.5 Å². The van der Waals surface area contributed by atoms with Crippen LogP contribution < -0.4 is 15.0 Å². The average molecular weight is 551 g/mol. The van der Waals surface area contributed by atoms with Crippen molar-refractivity contribution in [1.82, 2.24) is 9.88 Å². The number of methoxy groups -OCH3 is 1. The van der Waals surface area contributed by atoms with E-state index >= 15 is 0 Å². The van der Waals surface area contributed by atoms with E-state index < -0.39 is 11.7 Å². The van der Waals surface area contributed by atoms with Gasteiger partial charge in [-0.25, -0.2) is 4.98 Å². The lowest BCUT2D eigenvalue weighted by molar-refractivity contribution is -0.137. The summed E-state index contributed by atoms with van der Waals surface area (Å²) in [5.74, 6) is 0.643. The maximum absolute atomic E-state index is 13.0. The summed E-state index contributed by atoms with van der Waals surface area (Å²) < 4.78 is 44.8. The molecule has 0 radical (unpaired) electrons. The zero-order chi connectivity index (χ0) is 26.4. The minimum Gasteiger partial charge on any atom is -0.497 e. The lowest BCUT2D eigenvalue weighted by Crippen LogP contribution is -2.49. The predicted molar refractivity (Wildman–Crippen MR) is 138 cm³/mol. The van der Waals surface area contributed by atoms with Crippen LogP contribution in [-0.2, 0) is 22.2 Å². The van der Waals surface area contributed by atoms with Crippen molar-refractivity contribution in [1.29, 1.82) is 0 Å². The van der Waals surface area contributed by atoms with Crippen LogP contribution in [0.5, 0.6) is 5.75 Å². The summed E-state index contributed by atoms with van der Waals surface area (Å²) in [7, 11) is 1.57. The minimum atomic E-state index is -4.39. The monoisotopic (exact) mass is 550 g/mol. The van der Waals surface area contributed by atoms with E-state index in [9.17, 15) is 22.8 Å². The number of benzene rings is 2. The third-order valence-corrected chi connectivity index (χ3v) is 7.80. The van der Waals surface area contributed by atoms with Gasteiger partial charge in [0.25, 0.3) is 0 Å². The summed E-state index contributed by atoms with van der Waals surface area (Å²) in [5.41, 5.74) is 1.12. The van der Waals surface area contributed by atoms with Gasteiger partial charge in [-0.2, -0.15) is 13.2 Å². The quantitative estimate of drug-likeness (QED) is 0.407. The first kappa shape index (κ1) is 26.8. The molecule has 3 aromatic rings. The third kappa shape index (κ3) is 7.39. The van der Waals surface area contributed by atoms with Crippen LogP contribution in [-0.4, -0.2) is 60.7 Å². The molecule has 1 saturated heterocycles. The largest absolute Gasteiger partial charge is 0.497 e. The lowest BCUT2D eigenvalue weighted by Gasteiger charge is -2.36. The van der Waals surface area contributed by atoms with Gasteiger partial charge in [0.1, 0.15) is 5.75 Å². The number of rotatable bonds is 8. The van der Waals surface area contributed by atoms with E-state index in [2.05, 4.69) is 10.3 Å². The Kier molecular flexibility index (Phi) is 8.59. The first-order chi connectivity index (χ1) is 17.7. The Morgan fingerprint density at radius 2 is 1.84 bits per heavy atom. The summed E-state index contributed by atoms with van der Waals surface area (Å²) in [6.45, 7) is 1.75. The van der Waals surface area contributed by atoms with Crippen molar-refractivity contribution in [3.63, 3.8) is 0 Å². The normalized spacial score (nSPS) is 13.9. The van der Waals surface area contributed by atoms with Crippen LogP contribution in [0.25, 0.3) is 0 Å². The van der Waals surface area contributed by atoms with Crippen molar-refractivity contribution in [2.45, 2.75) is 16.9 Å². The van der Waals surface area contributed by atoms with Crippen LogP contribution in [0.2, 0.25) is 0 Å². The fourth-order valence-electron chi connectivity index (χ4n) is 3.79. The number of halogens is 3. The van der Waals surface area contributed by atoms with Gasteiger partial charge in [-0.3, -0.25) is 9.59 Å². The number of alkyl halides is 3. The zero-order valence-corrected chi connectivity index (χ0v) is 21.6. The summed E-state index contributed by atoms with van der Waals surface area (Å²) in [6, 6.07) is 12.3. The Morgan fingerprint density at radius 1 is 1.11 bits per heavy atom. The Balaban J connectivity index is 1.22. The molecular weight excluding hydrogens is 525 g/mol. The number of thiazole rings is 1. The molecule has 0 saturated carbocycles. The van der Waals surface area contributed by atoms with E-state index in [1.54, 1.807) is 47.7 Å². The Labute approximate surface area is 220 Å². The van der Waals surface area contributed by atoms with Crippen LogP contribution >= 0.6 is 23.1 Å². The van der Waals surface area contributed by atoms with Crippen LogP contribution in [0.15, 0.2) is 58.3 Å². The Morgan fingerprint density at radius 3 is 2.51 bits per heavy atom. The molecule has 2 aromatic carbocycles. The summed E-state index contributed by atoms with van der Waals surface area (Å²) in [5, 5.41) is 4.62. The van der Waals surface area contributed by atoms with E-state index in [0.717, 1.165) is 12.1 Å². The molecule has 0 aliphatic carbocycles. The van der Waals surface area contributed by atoms with E-state index in [4.69, 9.17) is 4.74 Å². The number of ether oxygens (including phenoxy) is 1. The van der Waals surface area contributed by atoms with Gasteiger partial charge >= 0.3 is 6.18 Å². The Hall–Kier alpha value is -3.25. The molecule has 37 heavy (non-hydrogen) atoms. The minimum absolute atomic E-state index is 0.0807. The molecular formula is C25H25F3N4O3S2. The van der Waals surface area contributed by atoms with Crippen molar-refractivity contribution in [2.75, 3.05) is 49.3 Å². The molecule has 1 aliphatic rings. The van der Waals surface area contributed by atoms with Crippen LogP contribution in [0.1, 0.15) is 11.3 Å². The SMILES string of the molecule is COc1ccc(NC(=O)CSc2nc(CC(=O)N3CCN(c4cccc(C(F)(F)F)c4)CC3)cs2)cc1. The number of hydrogen-bond acceptors (Lipinski definition) is 7. The van der Waals surface area contributed by atoms with Crippen molar-refractivity contribution in [3.05, 3.63) is 65.2 Å². The number of thioether (sulfide) groups is 1. The number of nitrogens with one attached hydrogen (secondary N) is 1. The second-order valence-electron chi connectivity index (χ2n) is 8.26. The van der Waals surface area contributed by atoms with Crippen molar-refractivity contribution < 1.29 is 27.5 Å². The van der Waals surface area contributed by atoms with Gasteiger partial charge in [0, 0.05) is 42.9 Å². The molecule has 1 fully saturated rings.